The van der Waals surface area contributed by atoms with E-state index in [1.165, 1.54) is 4.68 Å². The van der Waals surface area contributed by atoms with Crippen LogP contribution >= 0.6 is 0 Å². The van der Waals surface area contributed by atoms with Crippen molar-refractivity contribution in [1.82, 2.24) is 20.0 Å². The monoisotopic (exact) mass is 426 g/mol. The van der Waals surface area contributed by atoms with Crippen molar-refractivity contribution in [3.8, 4) is 5.69 Å². The van der Waals surface area contributed by atoms with E-state index in [0.717, 1.165) is 0 Å². The van der Waals surface area contributed by atoms with Gasteiger partial charge in [-0.15, -0.1) is 0 Å². The molecule has 0 bridgehead atoms. The molecule has 4 atom stereocenters. The summed E-state index contributed by atoms with van der Waals surface area (Å²) in [4.78, 5) is 51.4. The number of hydrogen-bond donors (Lipinski definition) is 3. The van der Waals surface area contributed by atoms with Crippen molar-refractivity contribution in [3.05, 3.63) is 51.9 Å². The van der Waals surface area contributed by atoms with E-state index in [1.54, 1.807) is 30.8 Å². The number of aliphatic carboxylic acids is 1. The number of carboxylic acid groups (broad SMARTS) is 1. The highest BCUT2D eigenvalue weighted by Crippen LogP contribution is 2.48. The van der Waals surface area contributed by atoms with Gasteiger partial charge < -0.3 is 5.11 Å². The Morgan fingerprint density at radius 3 is 2.39 bits per heavy atom. The van der Waals surface area contributed by atoms with Crippen LogP contribution in [0.1, 0.15) is 37.6 Å². The molecule has 3 N–H and O–H groups in total. The molecule has 164 valence electrons. The highest BCUT2D eigenvalue weighted by atomic mass is 16.4. The van der Waals surface area contributed by atoms with Gasteiger partial charge in [-0.3, -0.25) is 34.5 Å². The molecule has 1 aromatic carbocycles. The largest absolute Gasteiger partial charge is 0.480 e. The highest BCUT2D eigenvalue weighted by molar-refractivity contribution is 6.09. The molecule has 0 radical (unpaired) electrons. The summed E-state index contributed by atoms with van der Waals surface area (Å²) in [6.45, 7) is 5.48. The number of nitrogens with one attached hydrogen (secondary N) is 2. The summed E-state index contributed by atoms with van der Waals surface area (Å²) in [7, 11) is 1.73. The smallest absolute Gasteiger partial charge is 0.324 e. The fraction of sp³-hybridized carbons (Fsp3) is 0.455. The summed E-state index contributed by atoms with van der Waals surface area (Å²) < 4.78 is 3.17. The fourth-order valence-electron chi connectivity index (χ4n) is 5.24. The van der Waals surface area contributed by atoms with Crippen LogP contribution < -0.4 is 16.2 Å². The molecule has 4 unspecified atom stereocenters. The Kier molecular flexibility index (Phi) is 4.88. The van der Waals surface area contributed by atoms with Crippen LogP contribution in [-0.2, 0) is 21.4 Å². The number of imide groups is 1. The predicted octanol–water partition coefficient (Wildman–Crippen LogP) is 0.887. The molecule has 2 aromatic rings. The summed E-state index contributed by atoms with van der Waals surface area (Å²) in [6.07, 6.45) is 0.152. The first-order chi connectivity index (χ1) is 14.6. The van der Waals surface area contributed by atoms with Crippen LogP contribution in [0.5, 0.6) is 0 Å². The van der Waals surface area contributed by atoms with Gasteiger partial charge >= 0.3 is 5.97 Å². The molecule has 2 amide bonds. The number of amides is 2. The lowest BCUT2D eigenvalue weighted by molar-refractivity contribution is -0.150. The first kappa shape index (κ1) is 21.0. The second-order valence-electron chi connectivity index (χ2n) is 8.83. The van der Waals surface area contributed by atoms with Crippen molar-refractivity contribution in [2.45, 2.75) is 38.8 Å². The normalized spacial score (nSPS) is 27.6. The van der Waals surface area contributed by atoms with Crippen molar-refractivity contribution < 1.29 is 19.5 Å². The maximum Gasteiger partial charge on any atom is 0.324 e. The average molecular weight is 426 g/mol. The lowest BCUT2D eigenvalue weighted by Crippen LogP contribution is -2.56. The molecule has 2 aliphatic heterocycles. The van der Waals surface area contributed by atoms with Crippen LogP contribution in [0.25, 0.3) is 5.69 Å². The Balaban J connectivity index is 1.91. The second kappa shape index (κ2) is 7.19. The van der Waals surface area contributed by atoms with Crippen LogP contribution in [0.2, 0.25) is 0 Å². The zero-order valence-corrected chi connectivity index (χ0v) is 17.9. The number of para-hydroxylation sites is 1. The third-order valence-electron chi connectivity index (χ3n) is 6.52. The molecule has 2 fully saturated rings. The maximum absolute atomic E-state index is 13.5. The van der Waals surface area contributed by atoms with Gasteiger partial charge in [0.25, 0.3) is 5.56 Å². The van der Waals surface area contributed by atoms with Crippen molar-refractivity contribution >= 4 is 17.8 Å². The molecule has 0 saturated carbocycles. The quantitative estimate of drug-likeness (QED) is 0.611. The number of aromatic nitrogens is 2. The number of carboxylic acids is 1. The number of nitrogens with zero attached hydrogens (tertiary/aromatic N) is 2. The van der Waals surface area contributed by atoms with Crippen LogP contribution in [-0.4, -0.2) is 37.8 Å². The topological polar surface area (TPSA) is 122 Å². The van der Waals surface area contributed by atoms with Gasteiger partial charge in [-0.1, -0.05) is 32.0 Å². The van der Waals surface area contributed by atoms with Crippen LogP contribution in [0.3, 0.4) is 0 Å². The summed E-state index contributed by atoms with van der Waals surface area (Å²) in [5.41, 5.74) is -0.426. The van der Waals surface area contributed by atoms with E-state index in [-0.39, 0.29) is 17.9 Å². The zero-order valence-electron chi connectivity index (χ0n) is 17.9. The molecule has 31 heavy (non-hydrogen) atoms. The van der Waals surface area contributed by atoms with Crippen molar-refractivity contribution in [3.63, 3.8) is 0 Å². The highest BCUT2D eigenvalue weighted by Gasteiger charge is 2.67. The van der Waals surface area contributed by atoms with Crippen LogP contribution in [0.15, 0.2) is 35.1 Å². The third kappa shape index (κ3) is 2.95. The number of rotatable bonds is 5. The molecular weight excluding hydrogens is 400 g/mol. The first-order valence-corrected chi connectivity index (χ1v) is 10.3. The Morgan fingerprint density at radius 2 is 1.81 bits per heavy atom. The Morgan fingerprint density at radius 1 is 1.16 bits per heavy atom. The number of carbonyl (C=O) groups is 3. The molecule has 2 aliphatic rings. The second-order valence-corrected chi connectivity index (χ2v) is 8.83. The minimum absolute atomic E-state index is 0.0515. The predicted molar refractivity (Wildman–Crippen MR) is 112 cm³/mol. The van der Waals surface area contributed by atoms with E-state index in [1.807, 2.05) is 32.0 Å². The Bertz CT molecular complexity index is 1130. The number of fused-ring (bicyclic) bond motifs is 1. The van der Waals surface area contributed by atoms with E-state index in [0.29, 0.717) is 16.9 Å². The molecule has 9 heteroatoms. The van der Waals surface area contributed by atoms with Gasteiger partial charge in [0.05, 0.1) is 29.1 Å². The summed E-state index contributed by atoms with van der Waals surface area (Å²) in [5, 5.41) is 15.5. The fourth-order valence-corrected chi connectivity index (χ4v) is 5.24. The molecule has 4 rings (SSSR count). The van der Waals surface area contributed by atoms with Crippen molar-refractivity contribution in [2.75, 3.05) is 0 Å². The van der Waals surface area contributed by atoms with E-state index in [9.17, 15) is 24.3 Å². The average Bonchev–Trinajstić information content (AvgIpc) is 3.26. The van der Waals surface area contributed by atoms with Crippen molar-refractivity contribution in [1.29, 1.82) is 0 Å². The number of carbonyl (C=O) groups excluding carboxylic acids is 2. The number of hydrogen-bond acceptors (Lipinski definition) is 5. The standard InChI is InChI=1S/C22H26N4O5/c1-11(2)10-22(21(30)31)16-15(18(27)23-19(16)28)17(24-22)14-12(3)25(4)26(20(14)29)13-8-6-5-7-9-13/h5-9,11,15-17,24H,10H2,1-4H3,(H,30,31)(H,23,27,28). The zero-order chi connectivity index (χ0) is 22.7. The van der Waals surface area contributed by atoms with Gasteiger partial charge in [0.2, 0.25) is 11.8 Å². The van der Waals surface area contributed by atoms with Crippen LogP contribution in [0.4, 0.5) is 0 Å². The van der Waals surface area contributed by atoms with Gasteiger partial charge in [0.1, 0.15) is 5.54 Å². The third-order valence-corrected chi connectivity index (χ3v) is 6.52. The molecule has 3 heterocycles. The lowest BCUT2D eigenvalue weighted by atomic mass is 9.75. The molecule has 1 aromatic heterocycles. The van der Waals surface area contributed by atoms with Gasteiger partial charge in [-0.05, 0) is 31.4 Å². The molecule has 9 nitrogen and oxygen atoms in total. The molecule has 0 spiro atoms. The van der Waals surface area contributed by atoms with E-state index >= 15 is 0 Å². The van der Waals surface area contributed by atoms with Gasteiger partial charge in [-0.2, -0.15) is 0 Å². The summed E-state index contributed by atoms with van der Waals surface area (Å²) >= 11 is 0. The van der Waals surface area contributed by atoms with Gasteiger partial charge in [-0.25, -0.2) is 4.68 Å². The lowest BCUT2D eigenvalue weighted by Gasteiger charge is -2.31. The van der Waals surface area contributed by atoms with E-state index in [4.69, 9.17) is 0 Å². The minimum Gasteiger partial charge on any atom is -0.480 e. The minimum atomic E-state index is -1.63. The molecule has 0 aliphatic carbocycles. The van der Waals surface area contributed by atoms with Crippen LogP contribution in [0, 0.1) is 24.7 Å². The summed E-state index contributed by atoms with van der Waals surface area (Å²) in [5.74, 6) is -4.46. The van der Waals surface area contributed by atoms with E-state index < -0.39 is 41.2 Å². The molecule has 2 saturated heterocycles. The van der Waals surface area contributed by atoms with Gasteiger partial charge in [0.15, 0.2) is 0 Å². The first-order valence-electron chi connectivity index (χ1n) is 10.3. The maximum atomic E-state index is 13.5. The number of benzene rings is 1. The SMILES string of the molecule is Cc1c(C2NC(CC(C)C)(C(=O)O)C3C(=O)NC(=O)C23)c(=O)n(-c2ccccc2)n1C. The Hall–Kier alpha value is -3.20. The molecular formula is C22H26N4O5. The van der Waals surface area contributed by atoms with Gasteiger partial charge in [0, 0.05) is 12.7 Å². The van der Waals surface area contributed by atoms with E-state index in [2.05, 4.69) is 10.6 Å². The summed E-state index contributed by atoms with van der Waals surface area (Å²) in [6, 6.07) is 8.16. The Labute approximate surface area is 179 Å². The van der Waals surface area contributed by atoms with Crippen molar-refractivity contribution in [2.24, 2.45) is 24.8 Å².